The molecule has 0 radical (unpaired) electrons. The van der Waals surface area contributed by atoms with Crippen molar-refractivity contribution in [3.05, 3.63) is 24.3 Å². The van der Waals surface area contributed by atoms with E-state index in [0.29, 0.717) is 0 Å². The van der Waals surface area contributed by atoms with Crippen LogP contribution in [0.15, 0.2) is 24.3 Å². The van der Waals surface area contributed by atoms with Gasteiger partial charge in [-0.05, 0) is 25.5 Å². The smallest absolute Gasteiger partial charge is 0.161 e. The molecule has 4 heteroatoms. The Morgan fingerprint density at radius 3 is 2.62 bits per heavy atom. The lowest BCUT2D eigenvalue weighted by Gasteiger charge is -2.23. The van der Waals surface area contributed by atoms with Gasteiger partial charge < -0.3 is 19.1 Å². The minimum atomic E-state index is 0.215. The topological polar surface area (TPSA) is 32.1 Å². The van der Waals surface area contributed by atoms with Crippen molar-refractivity contribution in [2.24, 2.45) is 0 Å². The molecule has 1 fully saturated rings. The summed E-state index contributed by atoms with van der Waals surface area (Å²) in [4.78, 5) is 1.62. The van der Waals surface area contributed by atoms with Gasteiger partial charge in [-0.2, -0.15) is 0 Å². The van der Waals surface area contributed by atoms with Crippen LogP contribution >= 0.6 is 0 Å². The first-order valence-corrected chi connectivity index (χ1v) is 8.09. The standard InChI is InChI=1S/C17H27NO3/c1-3-15(2)21-17-8-5-4-7-16(17)20-12-6-9-18-10-13-19-14-11-18/h4-5,7-8,15H,3,6,9-14H2,1-2H3/p+1/t15-/m0/s1. The van der Waals surface area contributed by atoms with E-state index in [2.05, 4.69) is 13.8 Å². The zero-order valence-corrected chi connectivity index (χ0v) is 13.3. The molecule has 1 saturated heterocycles. The third kappa shape index (κ3) is 5.56. The summed E-state index contributed by atoms with van der Waals surface area (Å²) in [5.74, 6) is 1.71. The Morgan fingerprint density at radius 1 is 1.19 bits per heavy atom. The van der Waals surface area contributed by atoms with E-state index < -0.39 is 0 Å². The van der Waals surface area contributed by atoms with E-state index in [1.807, 2.05) is 24.3 Å². The van der Waals surface area contributed by atoms with Crippen molar-refractivity contribution >= 4 is 0 Å². The van der Waals surface area contributed by atoms with Gasteiger partial charge in [0, 0.05) is 6.42 Å². The molecule has 0 aliphatic carbocycles. The molecule has 21 heavy (non-hydrogen) atoms. The molecule has 0 spiro atoms. The van der Waals surface area contributed by atoms with Crippen LogP contribution in [-0.2, 0) is 4.74 Å². The zero-order chi connectivity index (χ0) is 14.9. The second-order valence-electron chi connectivity index (χ2n) is 5.60. The second-order valence-corrected chi connectivity index (χ2v) is 5.60. The molecule has 1 aliphatic rings. The molecule has 4 nitrogen and oxygen atoms in total. The first-order chi connectivity index (χ1) is 10.3. The Hall–Kier alpha value is -1.26. The summed E-state index contributed by atoms with van der Waals surface area (Å²) in [6.07, 6.45) is 2.27. The van der Waals surface area contributed by atoms with Gasteiger partial charge in [0.25, 0.3) is 0 Å². The lowest BCUT2D eigenvalue weighted by molar-refractivity contribution is -0.908. The van der Waals surface area contributed by atoms with Crippen molar-refractivity contribution in [1.82, 2.24) is 0 Å². The summed E-state index contributed by atoms with van der Waals surface area (Å²) in [7, 11) is 0. The molecule has 0 aromatic heterocycles. The molecule has 0 amide bonds. The summed E-state index contributed by atoms with van der Waals surface area (Å²) in [6.45, 7) is 10.1. The maximum atomic E-state index is 5.90. The number of para-hydroxylation sites is 2. The Balaban J connectivity index is 1.74. The van der Waals surface area contributed by atoms with Crippen molar-refractivity contribution in [2.45, 2.75) is 32.8 Å². The average molecular weight is 294 g/mol. The van der Waals surface area contributed by atoms with Crippen LogP contribution in [-0.4, -0.2) is 45.6 Å². The number of rotatable bonds is 8. The van der Waals surface area contributed by atoms with Gasteiger partial charge in [-0.15, -0.1) is 0 Å². The molecule has 1 N–H and O–H groups in total. The van der Waals surface area contributed by atoms with Crippen molar-refractivity contribution in [1.29, 1.82) is 0 Å². The molecule has 2 rings (SSSR count). The highest BCUT2D eigenvalue weighted by Crippen LogP contribution is 2.27. The number of quaternary nitrogens is 1. The van der Waals surface area contributed by atoms with Crippen LogP contribution in [0.5, 0.6) is 11.5 Å². The first kappa shape index (κ1) is 16.1. The summed E-state index contributed by atoms with van der Waals surface area (Å²) >= 11 is 0. The largest absolute Gasteiger partial charge is 0.489 e. The third-order valence-corrected chi connectivity index (χ3v) is 3.88. The van der Waals surface area contributed by atoms with E-state index >= 15 is 0 Å². The average Bonchev–Trinajstić information content (AvgIpc) is 2.54. The fourth-order valence-electron chi connectivity index (χ4n) is 2.38. The Labute approximate surface area is 128 Å². The fourth-order valence-corrected chi connectivity index (χ4v) is 2.38. The van der Waals surface area contributed by atoms with E-state index in [4.69, 9.17) is 14.2 Å². The molecule has 0 unspecified atom stereocenters. The van der Waals surface area contributed by atoms with Gasteiger partial charge >= 0.3 is 0 Å². The Morgan fingerprint density at radius 2 is 1.90 bits per heavy atom. The highest BCUT2D eigenvalue weighted by molar-refractivity contribution is 5.39. The van der Waals surface area contributed by atoms with Crippen molar-refractivity contribution < 1.29 is 19.1 Å². The zero-order valence-electron chi connectivity index (χ0n) is 13.3. The van der Waals surface area contributed by atoms with Crippen molar-refractivity contribution in [3.8, 4) is 11.5 Å². The van der Waals surface area contributed by atoms with Crippen LogP contribution in [0.3, 0.4) is 0 Å². The Bertz CT molecular complexity index is 405. The van der Waals surface area contributed by atoms with Crippen molar-refractivity contribution in [3.63, 3.8) is 0 Å². The highest BCUT2D eigenvalue weighted by atomic mass is 16.5. The van der Waals surface area contributed by atoms with E-state index in [1.165, 1.54) is 0 Å². The quantitative estimate of drug-likeness (QED) is 0.738. The lowest BCUT2D eigenvalue weighted by Crippen LogP contribution is -3.14. The first-order valence-electron chi connectivity index (χ1n) is 8.09. The summed E-state index contributed by atoms with van der Waals surface area (Å²) in [5.41, 5.74) is 0. The summed E-state index contributed by atoms with van der Waals surface area (Å²) in [5, 5.41) is 0. The number of hydrogen-bond acceptors (Lipinski definition) is 3. The van der Waals surface area contributed by atoms with Gasteiger partial charge in [0.2, 0.25) is 0 Å². The fraction of sp³-hybridized carbons (Fsp3) is 0.647. The van der Waals surface area contributed by atoms with Gasteiger partial charge in [0.15, 0.2) is 11.5 Å². The van der Waals surface area contributed by atoms with Gasteiger partial charge in [-0.1, -0.05) is 19.1 Å². The maximum absolute atomic E-state index is 5.90. The van der Waals surface area contributed by atoms with E-state index in [-0.39, 0.29) is 6.10 Å². The van der Waals surface area contributed by atoms with Gasteiger partial charge in [0.1, 0.15) is 13.1 Å². The van der Waals surface area contributed by atoms with Crippen LogP contribution in [0.4, 0.5) is 0 Å². The van der Waals surface area contributed by atoms with Crippen LogP contribution in [0.2, 0.25) is 0 Å². The monoisotopic (exact) mass is 294 g/mol. The predicted octanol–water partition coefficient (Wildman–Crippen LogP) is 1.55. The molecule has 1 aromatic carbocycles. The number of benzene rings is 1. The van der Waals surface area contributed by atoms with Crippen LogP contribution in [0.25, 0.3) is 0 Å². The van der Waals surface area contributed by atoms with Gasteiger partial charge in [0.05, 0.1) is 32.5 Å². The SMILES string of the molecule is CC[C@H](C)Oc1ccccc1OCCC[NH+]1CCOCC1. The Kier molecular flexibility index (Phi) is 6.83. The maximum Gasteiger partial charge on any atom is 0.161 e. The molecule has 1 heterocycles. The molecule has 118 valence electrons. The van der Waals surface area contributed by atoms with Crippen LogP contribution < -0.4 is 14.4 Å². The number of ether oxygens (including phenoxy) is 3. The number of morpholine rings is 1. The van der Waals surface area contributed by atoms with E-state index in [9.17, 15) is 0 Å². The number of hydrogen-bond donors (Lipinski definition) is 1. The molecular weight excluding hydrogens is 266 g/mol. The molecule has 1 aliphatic heterocycles. The second kappa shape index (κ2) is 8.90. The van der Waals surface area contributed by atoms with Crippen LogP contribution in [0, 0.1) is 0 Å². The predicted molar refractivity (Wildman–Crippen MR) is 83.3 cm³/mol. The van der Waals surface area contributed by atoms with Crippen molar-refractivity contribution in [2.75, 3.05) is 39.5 Å². The number of nitrogens with one attached hydrogen (secondary N) is 1. The van der Waals surface area contributed by atoms with Gasteiger partial charge in [-0.25, -0.2) is 0 Å². The third-order valence-electron chi connectivity index (χ3n) is 3.88. The molecule has 0 bridgehead atoms. The minimum absolute atomic E-state index is 0.215. The molecule has 1 aromatic rings. The van der Waals surface area contributed by atoms with E-state index in [0.717, 1.165) is 63.8 Å². The minimum Gasteiger partial charge on any atom is -0.489 e. The van der Waals surface area contributed by atoms with Gasteiger partial charge in [-0.3, -0.25) is 0 Å². The lowest BCUT2D eigenvalue weighted by atomic mass is 10.3. The molecule has 0 saturated carbocycles. The summed E-state index contributed by atoms with van der Waals surface area (Å²) < 4.78 is 17.2. The highest BCUT2D eigenvalue weighted by Gasteiger charge is 2.13. The molecular formula is C17H28NO3+. The van der Waals surface area contributed by atoms with Crippen LogP contribution in [0.1, 0.15) is 26.7 Å². The summed E-state index contributed by atoms with van der Waals surface area (Å²) in [6, 6.07) is 7.95. The molecule has 1 atom stereocenters. The van der Waals surface area contributed by atoms with E-state index in [1.54, 1.807) is 4.90 Å². The normalized spacial score (nSPS) is 17.4.